The smallest absolute Gasteiger partial charge is 0.324 e. The van der Waals surface area contributed by atoms with Gasteiger partial charge in [0.15, 0.2) is 5.78 Å². The zero-order valence-electron chi connectivity index (χ0n) is 17.0. The molecule has 7 heteroatoms. The van der Waals surface area contributed by atoms with Gasteiger partial charge in [0, 0.05) is 40.2 Å². The minimum Gasteiger partial charge on any atom is -0.496 e. The van der Waals surface area contributed by atoms with Gasteiger partial charge in [-0.25, -0.2) is 9.78 Å². The van der Waals surface area contributed by atoms with E-state index in [0.29, 0.717) is 33.9 Å². The van der Waals surface area contributed by atoms with E-state index in [-0.39, 0.29) is 5.78 Å². The molecule has 2 amide bonds. The average molecular weight is 412 g/mol. The Bertz CT molecular complexity index is 1290. The Morgan fingerprint density at radius 2 is 1.77 bits per heavy atom. The van der Waals surface area contributed by atoms with Gasteiger partial charge >= 0.3 is 6.03 Å². The first-order chi connectivity index (χ1) is 15.0. The van der Waals surface area contributed by atoms with Gasteiger partial charge in [-0.1, -0.05) is 30.3 Å². The van der Waals surface area contributed by atoms with Gasteiger partial charge in [0.2, 0.25) is 0 Å². The van der Waals surface area contributed by atoms with E-state index in [0.717, 1.165) is 10.9 Å². The molecule has 0 aliphatic carbocycles. The van der Waals surface area contributed by atoms with Crippen molar-refractivity contribution in [2.75, 3.05) is 17.7 Å². The van der Waals surface area contributed by atoms with Crippen LogP contribution in [-0.4, -0.2) is 28.9 Å². The van der Waals surface area contributed by atoms with E-state index in [1.54, 1.807) is 49.8 Å². The van der Waals surface area contributed by atoms with E-state index >= 15 is 0 Å². The normalized spacial score (nSPS) is 10.5. The van der Waals surface area contributed by atoms with Crippen LogP contribution in [0, 0.1) is 0 Å². The second kappa shape index (κ2) is 8.62. The number of pyridine rings is 2. The summed E-state index contributed by atoms with van der Waals surface area (Å²) in [4.78, 5) is 33.1. The Morgan fingerprint density at radius 1 is 0.935 bits per heavy atom. The topological polar surface area (TPSA) is 93.2 Å². The number of urea groups is 1. The number of ether oxygens (including phenoxy) is 1. The van der Waals surface area contributed by atoms with Gasteiger partial charge in [0.25, 0.3) is 0 Å². The lowest BCUT2D eigenvalue weighted by atomic mass is 10.0. The number of rotatable bonds is 5. The van der Waals surface area contributed by atoms with E-state index in [1.165, 1.54) is 6.92 Å². The standard InChI is InChI=1S/C24H20N4O3/c1-15(29)16-6-5-7-18(12-16)26-24(30)28-23-20(19-8-3-4-9-22(19)31-2)13-17-14-25-11-10-21(17)27-23/h3-14H,1-2H3,(H2,26,27,28,30). The number of aromatic nitrogens is 2. The number of carbonyl (C=O) groups excluding carboxylic acids is 2. The van der Waals surface area contributed by atoms with Crippen molar-refractivity contribution in [1.29, 1.82) is 0 Å². The molecule has 0 radical (unpaired) electrons. The fourth-order valence-electron chi connectivity index (χ4n) is 3.27. The lowest BCUT2D eigenvalue weighted by Gasteiger charge is -2.15. The van der Waals surface area contributed by atoms with Gasteiger partial charge in [-0.3, -0.25) is 15.1 Å². The zero-order valence-corrected chi connectivity index (χ0v) is 17.0. The van der Waals surface area contributed by atoms with Crippen molar-refractivity contribution in [1.82, 2.24) is 9.97 Å². The van der Waals surface area contributed by atoms with Crippen molar-refractivity contribution in [2.45, 2.75) is 6.92 Å². The maximum atomic E-state index is 12.7. The molecule has 0 bridgehead atoms. The molecule has 4 aromatic rings. The number of carbonyl (C=O) groups is 2. The first-order valence-electron chi connectivity index (χ1n) is 9.62. The number of para-hydroxylation sites is 1. The van der Waals surface area contributed by atoms with Gasteiger partial charge in [0.05, 0.1) is 12.6 Å². The fraction of sp³-hybridized carbons (Fsp3) is 0.0833. The second-order valence-corrected chi connectivity index (χ2v) is 6.87. The summed E-state index contributed by atoms with van der Waals surface area (Å²) >= 11 is 0. The van der Waals surface area contributed by atoms with Crippen molar-refractivity contribution in [3.8, 4) is 16.9 Å². The first-order valence-corrected chi connectivity index (χ1v) is 9.62. The third-order valence-electron chi connectivity index (χ3n) is 4.77. The molecular formula is C24H20N4O3. The molecule has 0 saturated carbocycles. The molecule has 2 aromatic heterocycles. The summed E-state index contributed by atoms with van der Waals surface area (Å²) in [6.07, 6.45) is 3.37. The van der Waals surface area contributed by atoms with Gasteiger partial charge in [0.1, 0.15) is 11.6 Å². The van der Waals surface area contributed by atoms with Crippen LogP contribution in [0.4, 0.5) is 16.3 Å². The van der Waals surface area contributed by atoms with Crippen LogP contribution in [-0.2, 0) is 0 Å². The Hall–Kier alpha value is -4.26. The molecule has 2 heterocycles. The highest BCUT2D eigenvalue weighted by atomic mass is 16.5. The van der Waals surface area contributed by atoms with Crippen LogP contribution in [0.1, 0.15) is 17.3 Å². The van der Waals surface area contributed by atoms with Gasteiger partial charge in [-0.05, 0) is 37.3 Å². The van der Waals surface area contributed by atoms with Crippen molar-refractivity contribution in [3.63, 3.8) is 0 Å². The molecule has 2 aromatic carbocycles. The molecule has 154 valence electrons. The monoisotopic (exact) mass is 412 g/mol. The van der Waals surface area contributed by atoms with Gasteiger partial charge in [-0.15, -0.1) is 0 Å². The highest BCUT2D eigenvalue weighted by Crippen LogP contribution is 2.35. The highest BCUT2D eigenvalue weighted by Gasteiger charge is 2.16. The highest BCUT2D eigenvalue weighted by molar-refractivity contribution is 6.04. The molecule has 0 aliphatic rings. The number of nitrogens with one attached hydrogen (secondary N) is 2. The van der Waals surface area contributed by atoms with Crippen LogP contribution in [0.25, 0.3) is 22.0 Å². The summed E-state index contributed by atoms with van der Waals surface area (Å²) < 4.78 is 5.50. The maximum absolute atomic E-state index is 12.7. The summed E-state index contributed by atoms with van der Waals surface area (Å²) in [5, 5.41) is 6.42. The van der Waals surface area contributed by atoms with Crippen LogP contribution in [0.3, 0.4) is 0 Å². The summed E-state index contributed by atoms with van der Waals surface area (Å²) in [6.45, 7) is 1.48. The average Bonchev–Trinajstić information content (AvgIpc) is 2.78. The summed E-state index contributed by atoms with van der Waals surface area (Å²) in [5.41, 5.74) is 3.21. The molecule has 0 unspecified atom stereocenters. The van der Waals surface area contributed by atoms with Crippen LogP contribution < -0.4 is 15.4 Å². The summed E-state index contributed by atoms with van der Waals surface area (Å²) in [7, 11) is 1.59. The molecule has 2 N–H and O–H groups in total. The van der Waals surface area contributed by atoms with Crippen LogP contribution in [0.2, 0.25) is 0 Å². The Labute approximate surface area is 179 Å². The zero-order chi connectivity index (χ0) is 21.8. The number of Topliss-reactive ketones (excluding diaryl/α,β-unsaturated/α-hetero) is 1. The van der Waals surface area contributed by atoms with E-state index in [1.807, 2.05) is 30.3 Å². The van der Waals surface area contributed by atoms with Gasteiger partial charge in [-0.2, -0.15) is 0 Å². The molecule has 0 spiro atoms. The minimum atomic E-state index is -0.474. The Kier molecular flexibility index (Phi) is 5.57. The first kappa shape index (κ1) is 20.0. The number of ketones is 1. The molecule has 0 aliphatic heterocycles. The third-order valence-corrected chi connectivity index (χ3v) is 4.77. The second-order valence-electron chi connectivity index (χ2n) is 6.87. The molecule has 0 fully saturated rings. The molecule has 7 nitrogen and oxygen atoms in total. The number of nitrogens with zero attached hydrogens (tertiary/aromatic N) is 2. The number of methoxy groups -OCH3 is 1. The summed E-state index contributed by atoms with van der Waals surface area (Å²) in [5.74, 6) is 0.959. The number of amides is 2. The van der Waals surface area contributed by atoms with Crippen molar-refractivity contribution in [3.05, 3.63) is 78.6 Å². The molecule has 4 rings (SSSR count). The van der Waals surface area contributed by atoms with Crippen molar-refractivity contribution >= 4 is 34.2 Å². The van der Waals surface area contributed by atoms with Crippen molar-refractivity contribution < 1.29 is 14.3 Å². The molecule has 0 saturated heterocycles. The van der Waals surface area contributed by atoms with E-state index in [4.69, 9.17) is 4.74 Å². The Balaban J connectivity index is 1.71. The number of hydrogen-bond donors (Lipinski definition) is 2. The number of benzene rings is 2. The SMILES string of the molecule is COc1ccccc1-c1cc2cnccc2nc1NC(=O)Nc1cccc(C(C)=O)c1. The van der Waals surface area contributed by atoms with Crippen molar-refractivity contribution in [2.24, 2.45) is 0 Å². The third kappa shape index (κ3) is 4.35. The maximum Gasteiger partial charge on any atom is 0.324 e. The van der Waals surface area contributed by atoms with Gasteiger partial charge < -0.3 is 10.1 Å². The lowest BCUT2D eigenvalue weighted by molar-refractivity contribution is 0.101. The van der Waals surface area contributed by atoms with E-state index in [9.17, 15) is 9.59 Å². The number of anilines is 2. The van der Waals surface area contributed by atoms with Crippen LogP contribution in [0.15, 0.2) is 73.1 Å². The Morgan fingerprint density at radius 3 is 2.58 bits per heavy atom. The van der Waals surface area contributed by atoms with E-state index in [2.05, 4.69) is 20.6 Å². The number of hydrogen-bond acceptors (Lipinski definition) is 5. The van der Waals surface area contributed by atoms with Crippen LogP contribution in [0.5, 0.6) is 5.75 Å². The minimum absolute atomic E-state index is 0.0766. The lowest BCUT2D eigenvalue weighted by Crippen LogP contribution is -2.21. The quantitative estimate of drug-likeness (QED) is 0.442. The van der Waals surface area contributed by atoms with E-state index < -0.39 is 6.03 Å². The number of fused-ring (bicyclic) bond motifs is 1. The fourth-order valence-corrected chi connectivity index (χ4v) is 3.27. The van der Waals surface area contributed by atoms with Crippen LogP contribution >= 0.6 is 0 Å². The predicted octanol–water partition coefficient (Wildman–Crippen LogP) is 5.15. The largest absolute Gasteiger partial charge is 0.496 e. The molecule has 31 heavy (non-hydrogen) atoms. The summed E-state index contributed by atoms with van der Waals surface area (Å²) in [6, 6.07) is 17.5. The predicted molar refractivity (Wildman–Crippen MR) is 121 cm³/mol. The molecular weight excluding hydrogens is 392 g/mol. The molecule has 0 atom stereocenters.